The SMILES string of the molecule is Cc1ccc(S(=O)(=O)N2C[C@H](CSc3ccccc3)[C@H](NN(c3ccccc3)c3ccccc3)C2)cc1. The molecule has 0 amide bonds. The highest BCUT2D eigenvalue weighted by molar-refractivity contribution is 7.99. The average molecular weight is 530 g/mol. The molecule has 5 rings (SSSR count). The molecular formula is C30H31N3O2S2. The van der Waals surface area contributed by atoms with Gasteiger partial charge < -0.3 is 0 Å². The molecule has 0 aliphatic carbocycles. The van der Waals surface area contributed by atoms with E-state index in [9.17, 15) is 8.42 Å². The van der Waals surface area contributed by atoms with Crippen LogP contribution in [-0.4, -0.2) is 37.6 Å². The van der Waals surface area contributed by atoms with Crippen molar-refractivity contribution in [3.05, 3.63) is 121 Å². The molecule has 190 valence electrons. The Kier molecular flexibility index (Phi) is 7.96. The van der Waals surface area contributed by atoms with E-state index in [4.69, 9.17) is 0 Å². The largest absolute Gasteiger partial charge is 0.277 e. The number of para-hydroxylation sites is 2. The second-order valence-electron chi connectivity index (χ2n) is 9.26. The molecule has 7 heteroatoms. The van der Waals surface area contributed by atoms with Crippen LogP contribution >= 0.6 is 11.8 Å². The quantitative estimate of drug-likeness (QED) is 0.209. The van der Waals surface area contributed by atoms with E-state index in [1.807, 2.05) is 73.7 Å². The zero-order valence-corrected chi connectivity index (χ0v) is 22.4. The van der Waals surface area contributed by atoms with Crippen LogP contribution in [0.1, 0.15) is 5.56 Å². The number of thioether (sulfide) groups is 1. The standard InChI is InChI=1S/C30H31N3O2S2/c1-24-17-19-29(20-18-24)37(34,35)32-21-25(23-36-28-15-9-4-10-16-28)30(22-32)31-33(26-11-5-2-6-12-26)27-13-7-3-8-14-27/h2-20,25,30-31H,21-23H2,1H3/t25-,30-/m1/s1. The van der Waals surface area contributed by atoms with Gasteiger partial charge >= 0.3 is 0 Å². The minimum Gasteiger partial charge on any atom is -0.277 e. The van der Waals surface area contributed by atoms with Crippen molar-refractivity contribution in [2.75, 3.05) is 23.9 Å². The van der Waals surface area contributed by atoms with Crippen LogP contribution in [0.2, 0.25) is 0 Å². The van der Waals surface area contributed by atoms with Gasteiger partial charge in [-0.25, -0.2) is 13.8 Å². The molecule has 0 radical (unpaired) electrons. The summed E-state index contributed by atoms with van der Waals surface area (Å²) in [6.07, 6.45) is 0. The summed E-state index contributed by atoms with van der Waals surface area (Å²) in [7, 11) is -3.60. The second-order valence-corrected chi connectivity index (χ2v) is 12.3. The lowest BCUT2D eigenvalue weighted by Crippen LogP contribution is -2.47. The van der Waals surface area contributed by atoms with Gasteiger partial charge in [0.15, 0.2) is 0 Å². The topological polar surface area (TPSA) is 52.7 Å². The number of nitrogens with one attached hydrogen (secondary N) is 1. The van der Waals surface area contributed by atoms with Crippen LogP contribution in [0.25, 0.3) is 0 Å². The third-order valence-corrected chi connectivity index (χ3v) is 9.64. The predicted octanol–water partition coefficient (Wildman–Crippen LogP) is 6.12. The minimum absolute atomic E-state index is 0.0724. The third-order valence-electron chi connectivity index (χ3n) is 6.60. The Balaban J connectivity index is 1.43. The summed E-state index contributed by atoms with van der Waals surface area (Å²) in [5.41, 5.74) is 6.76. The van der Waals surface area contributed by atoms with E-state index in [1.165, 1.54) is 4.90 Å². The smallest absolute Gasteiger partial charge is 0.243 e. The summed E-state index contributed by atoms with van der Waals surface area (Å²) in [5.74, 6) is 0.916. The van der Waals surface area contributed by atoms with Gasteiger partial charge in [-0.1, -0.05) is 72.3 Å². The van der Waals surface area contributed by atoms with Crippen molar-refractivity contribution in [1.29, 1.82) is 0 Å². The van der Waals surface area contributed by atoms with Crippen molar-refractivity contribution < 1.29 is 8.42 Å². The van der Waals surface area contributed by atoms with Gasteiger partial charge in [-0.15, -0.1) is 11.8 Å². The van der Waals surface area contributed by atoms with Crippen LogP contribution < -0.4 is 10.4 Å². The Morgan fingerprint density at radius 1 is 0.784 bits per heavy atom. The summed E-state index contributed by atoms with van der Waals surface area (Å²) in [6.45, 7) is 2.82. The van der Waals surface area contributed by atoms with Gasteiger partial charge in [0.25, 0.3) is 0 Å². The summed E-state index contributed by atoms with van der Waals surface area (Å²) in [4.78, 5) is 1.53. The molecule has 0 bridgehead atoms. The Hall–Kier alpha value is -3.10. The van der Waals surface area contributed by atoms with Crippen molar-refractivity contribution in [1.82, 2.24) is 9.73 Å². The van der Waals surface area contributed by atoms with Crippen LogP contribution in [0.15, 0.2) is 125 Å². The molecule has 1 aliphatic heterocycles. The average Bonchev–Trinajstić information content (AvgIpc) is 3.36. The van der Waals surface area contributed by atoms with Gasteiger partial charge in [-0.3, -0.25) is 5.01 Å². The number of hydrogen-bond acceptors (Lipinski definition) is 5. The molecule has 4 aromatic rings. The Bertz CT molecular complexity index is 1340. The van der Waals surface area contributed by atoms with Gasteiger partial charge in [0.1, 0.15) is 0 Å². The molecule has 0 spiro atoms. The summed E-state index contributed by atoms with van der Waals surface area (Å²) < 4.78 is 28.9. The second kappa shape index (κ2) is 11.5. The van der Waals surface area contributed by atoms with E-state index in [-0.39, 0.29) is 12.0 Å². The molecule has 1 fully saturated rings. The molecule has 4 aromatic carbocycles. The molecule has 2 atom stereocenters. The highest BCUT2D eigenvalue weighted by Gasteiger charge is 2.40. The van der Waals surface area contributed by atoms with E-state index in [0.29, 0.717) is 18.0 Å². The maximum atomic E-state index is 13.6. The first-order chi connectivity index (χ1) is 18.0. The summed E-state index contributed by atoms with van der Waals surface area (Å²) >= 11 is 1.77. The number of hydrogen-bond donors (Lipinski definition) is 1. The van der Waals surface area contributed by atoms with Crippen LogP contribution in [0.3, 0.4) is 0 Å². The molecule has 5 nitrogen and oxygen atoms in total. The Morgan fingerprint density at radius 2 is 1.32 bits per heavy atom. The number of rotatable bonds is 9. The fraction of sp³-hybridized carbons (Fsp3) is 0.200. The van der Waals surface area contributed by atoms with Gasteiger partial charge in [-0.2, -0.15) is 4.31 Å². The lowest BCUT2D eigenvalue weighted by atomic mass is 10.1. The first-order valence-electron chi connectivity index (χ1n) is 12.4. The molecule has 37 heavy (non-hydrogen) atoms. The number of benzene rings is 4. The molecule has 0 unspecified atom stereocenters. The number of nitrogens with zero attached hydrogens (tertiary/aromatic N) is 2. The van der Waals surface area contributed by atoms with E-state index in [0.717, 1.165) is 22.7 Å². The zero-order chi connectivity index (χ0) is 25.7. The molecule has 1 heterocycles. The molecule has 0 aromatic heterocycles. The summed E-state index contributed by atoms with van der Waals surface area (Å²) in [6, 6.07) is 37.6. The van der Waals surface area contributed by atoms with Crippen molar-refractivity contribution in [3.8, 4) is 0 Å². The maximum Gasteiger partial charge on any atom is 0.243 e. The fourth-order valence-corrected chi connectivity index (χ4v) is 7.16. The van der Waals surface area contributed by atoms with Gasteiger partial charge in [0, 0.05) is 35.7 Å². The molecule has 1 N–H and O–H groups in total. The zero-order valence-electron chi connectivity index (χ0n) is 20.8. The van der Waals surface area contributed by atoms with E-state index in [1.54, 1.807) is 28.2 Å². The maximum absolute atomic E-state index is 13.6. The van der Waals surface area contributed by atoms with Gasteiger partial charge in [0.2, 0.25) is 10.0 Å². The molecule has 0 saturated carbocycles. The Morgan fingerprint density at radius 3 is 1.89 bits per heavy atom. The van der Waals surface area contributed by atoms with Crippen molar-refractivity contribution in [2.45, 2.75) is 22.8 Å². The van der Waals surface area contributed by atoms with E-state index >= 15 is 0 Å². The lowest BCUT2D eigenvalue weighted by Gasteiger charge is -2.31. The van der Waals surface area contributed by atoms with Gasteiger partial charge in [-0.05, 0) is 55.5 Å². The van der Waals surface area contributed by atoms with Gasteiger partial charge in [0.05, 0.1) is 16.3 Å². The molecule has 1 aliphatic rings. The van der Waals surface area contributed by atoms with Crippen LogP contribution in [0.5, 0.6) is 0 Å². The monoisotopic (exact) mass is 529 g/mol. The van der Waals surface area contributed by atoms with E-state index < -0.39 is 10.0 Å². The highest BCUT2D eigenvalue weighted by atomic mass is 32.2. The normalized spacial score (nSPS) is 18.1. The lowest BCUT2D eigenvalue weighted by molar-refractivity contribution is 0.456. The van der Waals surface area contributed by atoms with Crippen molar-refractivity contribution >= 4 is 33.2 Å². The van der Waals surface area contributed by atoms with Crippen LogP contribution in [0.4, 0.5) is 11.4 Å². The number of hydrazine groups is 1. The first kappa shape index (κ1) is 25.5. The number of sulfonamides is 1. The Labute approximate surface area is 224 Å². The number of anilines is 2. The molecule has 1 saturated heterocycles. The predicted molar refractivity (Wildman–Crippen MR) is 153 cm³/mol. The minimum atomic E-state index is -3.60. The highest BCUT2D eigenvalue weighted by Crippen LogP contribution is 2.32. The van der Waals surface area contributed by atoms with Crippen LogP contribution in [-0.2, 0) is 10.0 Å². The summed E-state index contributed by atoms with van der Waals surface area (Å²) in [5, 5.41) is 2.08. The van der Waals surface area contributed by atoms with Crippen LogP contribution in [0, 0.1) is 12.8 Å². The molecular weight excluding hydrogens is 498 g/mol. The van der Waals surface area contributed by atoms with Crippen molar-refractivity contribution in [2.24, 2.45) is 5.92 Å². The van der Waals surface area contributed by atoms with Crippen molar-refractivity contribution in [3.63, 3.8) is 0 Å². The number of aryl methyl sites for hydroxylation is 1. The fourth-order valence-electron chi connectivity index (χ4n) is 4.54. The third kappa shape index (κ3) is 6.08. The van der Waals surface area contributed by atoms with E-state index in [2.05, 4.69) is 46.8 Å². The first-order valence-corrected chi connectivity index (χ1v) is 14.8.